The highest BCUT2D eigenvalue weighted by Crippen LogP contribution is 2.02. The molecule has 0 fully saturated rings. The van der Waals surface area contributed by atoms with Crippen molar-refractivity contribution in [3.05, 3.63) is 46.0 Å². The van der Waals surface area contributed by atoms with Crippen LogP contribution in [0.15, 0.2) is 30.3 Å². The van der Waals surface area contributed by atoms with Gasteiger partial charge in [0, 0.05) is 6.42 Å². The van der Waals surface area contributed by atoms with Crippen LogP contribution in [-0.4, -0.2) is 22.8 Å². The van der Waals surface area contributed by atoms with Gasteiger partial charge in [-0.2, -0.15) is 0 Å². The van der Waals surface area contributed by atoms with Crippen molar-refractivity contribution in [3.8, 4) is 0 Å². The number of hydrogen-bond donors (Lipinski definition) is 2. The summed E-state index contributed by atoms with van der Waals surface area (Å²) in [6.07, 6.45) is 0.443. The predicted molar refractivity (Wildman–Crippen MR) is 51.1 cm³/mol. The summed E-state index contributed by atoms with van der Waals surface area (Å²) in [6, 6.07) is 8.78. The van der Waals surface area contributed by atoms with Gasteiger partial charge in [0.2, 0.25) is 0 Å². The van der Waals surface area contributed by atoms with Crippen molar-refractivity contribution in [2.75, 3.05) is 6.61 Å². The molecule has 5 nitrogen and oxygen atoms in total. The lowest BCUT2D eigenvalue weighted by Gasteiger charge is -2.10. The molecule has 0 amide bonds. The second-order valence-electron chi connectivity index (χ2n) is 2.96. The zero-order valence-corrected chi connectivity index (χ0v) is 7.59. The highest BCUT2D eigenvalue weighted by Gasteiger charge is 2.12. The van der Waals surface area contributed by atoms with Crippen molar-refractivity contribution >= 4 is 0 Å². The van der Waals surface area contributed by atoms with Crippen molar-refractivity contribution < 1.29 is 10.1 Å². The molecule has 0 heterocycles. The summed E-state index contributed by atoms with van der Waals surface area (Å²) in [6.45, 7) is -0.254. The minimum absolute atomic E-state index is 0.254. The molecule has 0 spiro atoms. The number of hydrogen-bond acceptors (Lipinski definition) is 3. The summed E-state index contributed by atoms with van der Waals surface area (Å²) >= 11 is 0. The molecule has 0 aliphatic heterocycles. The number of rotatable bonds is 5. The molecule has 1 aromatic carbocycles. The largest absolute Gasteiger partial charge is 0.394 e. The summed E-state index contributed by atoms with van der Waals surface area (Å²) in [7, 11) is 0. The molecule has 0 saturated heterocycles. The molecular weight excluding hydrogens is 184 g/mol. The Morgan fingerprint density at radius 2 is 2.07 bits per heavy atom. The quantitative estimate of drug-likeness (QED) is 0.527. The smallest absolute Gasteiger partial charge is 0.157 e. The van der Waals surface area contributed by atoms with Gasteiger partial charge in [-0.3, -0.25) is 0 Å². The number of aliphatic hydroxyl groups is 1. The van der Waals surface area contributed by atoms with Crippen LogP contribution in [0, 0.1) is 10.1 Å². The van der Waals surface area contributed by atoms with Crippen molar-refractivity contribution in [2.45, 2.75) is 12.5 Å². The van der Waals surface area contributed by atoms with Gasteiger partial charge >= 0.3 is 0 Å². The molecule has 1 aromatic rings. The van der Waals surface area contributed by atoms with Gasteiger partial charge < -0.3 is 5.11 Å². The normalized spacial score (nSPS) is 12.1. The number of benzene rings is 1. The molecule has 14 heavy (non-hydrogen) atoms. The molecule has 0 saturated carbocycles. The second kappa shape index (κ2) is 5.18. The van der Waals surface area contributed by atoms with Crippen molar-refractivity contribution in [2.24, 2.45) is 0 Å². The lowest BCUT2D eigenvalue weighted by atomic mass is 10.1. The van der Waals surface area contributed by atoms with E-state index in [0.717, 1.165) is 5.56 Å². The maximum atomic E-state index is 10.1. The fourth-order valence-corrected chi connectivity index (χ4v) is 1.20. The van der Waals surface area contributed by atoms with Crippen LogP contribution < -0.4 is 5.43 Å². The summed E-state index contributed by atoms with van der Waals surface area (Å²) in [5.74, 6) is 0. The van der Waals surface area contributed by atoms with E-state index in [1.165, 1.54) is 0 Å². The van der Waals surface area contributed by atoms with Crippen LogP contribution in [0.4, 0.5) is 0 Å². The molecule has 0 aliphatic rings. The Balaban J connectivity index is 2.53. The monoisotopic (exact) mass is 196 g/mol. The van der Waals surface area contributed by atoms with Crippen LogP contribution in [0.5, 0.6) is 0 Å². The lowest BCUT2D eigenvalue weighted by molar-refractivity contribution is -0.551. The molecule has 76 valence electrons. The zero-order valence-electron chi connectivity index (χ0n) is 7.59. The van der Waals surface area contributed by atoms with Gasteiger partial charge in [-0.15, -0.1) is 5.43 Å². The Morgan fingerprint density at radius 3 is 2.57 bits per heavy atom. The van der Waals surface area contributed by atoms with E-state index in [-0.39, 0.29) is 6.61 Å². The van der Waals surface area contributed by atoms with E-state index >= 15 is 0 Å². The molecule has 0 bridgehead atoms. The Labute approximate surface area is 81.5 Å². The highest BCUT2D eigenvalue weighted by molar-refractivity contribution is 5.15. The van der Waals surface area contributed by atoms with Gasteiger partial charge in [0.1, 0.15) is 6.04 Å². The predicted octanol–water partition coefficient (Wildman–Crippen LogP) is 0.371. The molecular formula is C9H12N2O3. The minimum atomic E-state index is -0.635. The first kappa shape index (κ1) is 10.5. The SMILES string of the molecule is O=[N+]([O-])NC(CO)Cc1ccccc1. The first-order valence-electron chi connectivity index (χ1n) is 4.27. The van der Waals surface area contributed by atoms with E-state index in [1.54, 1.807) is 0 Å². The van der Waals surface area contributed by atoms with E-state index in [2.05, 4.69) is 5.43 Å². The van der Waals surface area contributed by atoms with Crippen LogP contribution >= 0.6 is 0 Å². The van der Waals surface area contributed by atoms with E-state index in [9.17, 15) is 10.1 Å². The number of nitrogens with one attached hydrogen (secondary N) is 1. The fourth-order valence-electron chi connectivity index (χ4n) is 1.20. The van der Waals surface area contributed by atoms with Gasteiger partial charge in [0.25, 0.3) is 0 Å². The molecule has 0 aromatic heterocycles. The lowest BCUT2D eigenvalue weighted by Crippen LogP contribution is -2.38. The van der Waals surface area contributed by atoms with Crippen LogP contribution in [0.1, 0.15) is 5.56 Å². The van der Waals surface area contributed by atoms with Gasteiger partial charge in [0.05, 0.1) is 6.61 Å². The number of aliphatic hydroxyl groups excluding tert-OH is 1. The third kappa shape index (κ3) is 3.40. The molecule has 0 radical (unpaired) electrons. The Bertz CT molecular complexity index is 289. The van der Waals surface area contributed by atoms with E-state index < -0.39 is 11.1 Å². The molecule has 1 atom stereocenters. The van der Waals surface area contributed by atoms with Gasteiger partial charge in [-0.05, 0) is 5.56 Å². The highest BCUT2D eigenvalue weighted by atomic mass is 16.7. The molecule has 1 unspecified atom stereocenters. The minimum Gasteiger partial charge on any atom is -0.394 e. The Kier molecular flexibility index (Phi) is 3.87. The maximum Gasteiger partial charge on any atom is 0.157 e. The summed E-state index contributed by atoms with van der Waals surface area (Å²) in [5, 5.41) is 18.4. The average molecular weight is 196 g/mol. The first-order chi connectivity index (χ1) is 6.72. The zero-order chi connectivity index (χ0) is 10.4. The Morgan fingerprint density at radius 1 is 1.43 bits per heavy atom. The van der Waals surface area contributed by atoms with Gasteiger partial charge in [0.15, 0.2) is 5.03 Å². The average Bonchev–Trinajstić information content (AvgIpc) is 2.17. The Hall–Kier alpha value is -1.62. The number of hydrazine groups is 1. The van der Waals surface area contributed by atoms with Crippen LogP contribution in [-0.2, 0) is 6.42 Å². The third-order valence-corrected chi connectivity index (χ3v) is 1.83. The van der Waals surface area contributed by atoms with Crippen LogP contribution in [0.25, 0.3) is 0 Å². The van der Waals surface area contributed by atoms with E-state index in [0.29, 0.717) is 6.42 Å². The van der Waals surface area contributed by atoms with Gasteiger partial charge in [-0.1, -0.05) is 30.3 Å². The van der Waals surface area contributed by atoms with Crippen LogP contribution in [0.2, 0.25) is 0 Å². The molecule has 5 heteroatoms. The first-order valence-corrected chi connectivity index (χ1v) is 4.27. The van der Waals surface area contributed by atoms with Crippen molar-refractivity contribution in [1.82, 2.24) is 5.43 Å². The number of nitro groups is 1. The van der Waals surface area contributed by atoms with E-state index in [1.807, 2.05) is 30.3 Å². The van der Waals surface area contributed by atoms with Gasteiger partial charge in [-0.25, -0.2) is 10.1 Å². The topological polar surface area (TPSA) is 75.4 Å². The summed E-state index contributed by atoms with van der Waals surface area (Å²) in [5.41, 5.74) is 3.01. The fraction of sp³-hybridized carbons (Fsp3) is 0.333. The third-order valence-electron chi connectivity index (χ3n) is 1.83. The molecule has 2 N–H and O–H groups in total. The summed E-state index contributed by atoms with van der Waals surface area (Å²) in [4.78, 5) is 10.1. The maximum absolute atomic E-state index is 10.1. The summed E-state index contributed by atoms with van der Waals surface area (Å²) < 4.78 is 0. The van der Waals surface area contributed by atoms with E-state index in [4.69, 9.17) is 5.11 Å². The second-order valence-corrected chi connectivity index (χ2v) is 2.96. The molecule has 1 rings (SSSR count). The molecule has 0 aliphatic carbocycles. The van der Waals surface area contributed by atoms with Crippen molar-refractivity contribution in [1.29, 1.82) is 0 Å². The number of nitrogens with zero attached hydrogens (tertiary/aromatic N) is 1. The standard InChI is InChI=1S/C9H12N2O3/c12-7-9(10-11(13)14)6-8-4-2-1-3-5-8/h1-5,9-10,12H,6-7H2. The van der Waals surface area contributed by atoms with Crippen LogP contribution in [0.3, 0.4) is 0 Å². The van der Waals surface area contributed by atoms with Crippen molar-refractivity contribution in [3.63, 3.8) is 0 Å².